The highest BCUT2D eigenvalue weighted by Gasteiger charge is 2.42. The molecule has 2 aromatic rings. The summed E-state index contributed by atoms with van der Waals surface area (Å²) in [5, 5.41) is 2.88. The standard InChI is InChI=1S/C21H22N2O4S/c24-20(22-17-7-2-1-3-8-17)19-11-10-15-6-4-5-9-18(15)23(19)21(25)16-12-13-28(26,27)14-16/h1-9,16,19H,10-14H2,(H,22,24). The molecule has 7 heteroatoms. The van der Waals surface area contributed by atoms with Crippen LogP contribution in [0.4, 0.5) is 11.4 Å². The highest BCUT2D eigenvalue weighted by Crippen LogP contribution is 2.34. The Morgan fingerprint density at radius 1 is 0.964 bits per heavy atom. The Balaban J connectivity index is 1.65. The van der Waals surface area contributed by atoms with Gasteiger partial charge in [-0.25, -0.2) is 8.42 Å². The van der Waals surface area contributed by atoms with Crippen molar-refractivity contribution in [2.75, 3.05) is 21.7 Å². The number of nitrogens with zero attached hydrogens (tertiary/aromatic N) is 1. The minimum absolute atomic E-state index is 0.0276. The Kier molecular flexibility index (Phi) is 4.93. The van der Waals surface area contributed by atoms with Crippen molar-refractivity contribution < 1.29 is 18.0 Å². The van der Waals surface area contributed by atoms with Crippen LogP contribution in [0.15, 0.2) is 54.6 Å². The lowest BCUT2D eigenvalue weighted by Crippen LogP contribution is -2.52. The van der Waals surface area contributed by atoms with Crippen molar-refractivity contribution in [2.24, 2.45) is 5.92 Å². The molecule has 2 aliphatic rings. The lowest BCUT2D eigenvalue weighted by Gasteiger charge is -2.37. The molecular weight excluding hydrogens is 376 g/mol. The van der Waals surface area contributed by atoms with Crippen LogP contribution < -0.4 is 10.2 Å². The van der Waals surface area contributed by atoms with Crippen molar-refractivity contribution in [3.05, 3.63) is 60.2 Å². The highest BCUT2D eigenvalue weighted by atomic mass is 32.2. The number of hydrogen-bond acceptors (Lipinski definition) is 4. The quantitative estimate of drug-likeness (QED) is 0.861. The zero-order chi connectivity index (χ0) is 19.7. The van der Waals surface area contributed by atoms with Crippen molar-refractivity contribution in [3.63, 3.8) is 0 Å². The van der Waals surface area contributed by atoms with E-state index in [1.807, 2.05) is 42.5 Å². The zero-order valence-electron chi connectivity index (χ0n) is 15.4. The number of sulfone groups is 1. The van der Waals surface area contributed by atoms with Crippen molar-refractivity contribution in [1.29, 1.82) is 0 Å². The fourth-order valence-electron chi connectivity index (χ4n) is 4.00. The first-order valence-corrected chi connectivity index (χ1v) is 11.2. The van der Waals surface area contributed by atoms with Gasteiger partial charge >= 0.3 is 0 Å². The highest BCUT2D eigenvalue weighted by molar-refractivity contribution is 7.91. The van der Waals surface area contributed by atoms with E-state index in [2.05, 4.69) is 5.32 Å². The lowest BCUT2D eigenvalue weighted by molar-refractivity contribution is -0.126. The molecule has 0 saturated carbocycles. The maximum atomic E-state index is 13.3. The van der Waals surface area contributed by atoms with Crippen LogP contribution in [-0.2, 0) is 25.8 Å². The second-order valence-electron chi connectivity index (χ2n) is 7.35. The summed E-state index contributed by atoms with van der Waals surface area (Å²) >= 11 is 0. The van der Waals surface area contributed by atoms with Crippen molar-refractivity contribution in [2.45, 2.75) is 25.3 Å². The van der Waals surface area contributed by atoms with E-state index < -0.39 is 21.8 Å². The summed E-state index contributed by atoms with van der Waals surface area (Å²) < 4.78 is 23.8. The number of carbonyl (C=O) groups excluding carboxylic acids is 2. The molecule has 6 nitrogen and oxygen atoms in total. The van der Waals surface area contributed by atoms with Gasteiger partial charge in [0.2, 0.25) is 11.8 Å². The molecule has 2 atom stereocenters. The number of para-hydroxylation sites is 2. The molecule has 0 spiro atoms. The van der Waals surface area contributed by atoms with Crippen molar-refractivity contribution in [3.8, 4) is 0 Å². The molecule has 0 radical (unpaired) electrons. The smallest absolute Gasteiger partial charge is 0.247 e. The second kappa shape index (κ2) is 7.39. The van der Waals surface area contributed by atoms with E-state index in [1.165, 1.54) is 4.90 Å². The first-order valence-electron chi connectivity index (χ1n) is 9.42. The van der Waals surface area contributed by atoms with Crippen molar-refractivity contribution >= 4 is 33.0 Å². The Morgan fingerprint density at radius 2 is 1.68 bits per heavy atom. The molecule has 0 bridgehead atoms. The largest absolute Gasteiger partial charge is 0.324 e. The molecule has 1 N–H and O–H groups in total. The SMILES string of the molecule is O=C(Nc1ccccc1)C1CCc2ccccc2N1C(=O)C1CCS(=O)(=O)C1. The summed E-state index contributed by atoms with van der Waals surface area (Å²) in [5.74, 6) is -1.24. The number of nitrogens with one attached hydrogen (secondary N) is 1. The zero-order valence-corrected chi connectivity index (χ0v) is 16.2. The molecule has 4 rings (SSSR count). The first-order chi connectivity index (χ1) is 13.4. The van der Waals surface area contributed by atoms with E-state index in [0.717, 1.165) is 5.56 Å². The Morgan fingerprint density at radius 3 is 2.39 bits per heavy atom. The summed E-state index contributed by atoms with van der Waals surface area (Å²) in [6.45, 7) is 0. The molecule has 146 valence electrons. The van der Waals surface area contributed by atoms with Crippen LogP contribution in [0.25, 0.3) is 0 Å². The monoisotopic (exact) mass is 398 g/mol. The normalized spacial score (nSPS) is 23.1. The van der Waals surface area contributed by atoms with Gasteiger partial charge < -0.3 is 5.32 Å². The fourth-order valence-corrected chi connectivity index (χ4v) is 5.73. The molecule has 0 aromatic heterocycles. The number of aryl methyl sites for hydroxylation is 1. The Bertz CT molecular complexity index is 1000. The third-order valence-corrected chi connectivity index (χ3v) is 7.18. The van der Waals surface area contributed by atoms with Crippen molar-refractivity contribution in [1.82, 2.24) is 0 Å². The molecule has 2 amide bonds. The molecule has 1 saturated heterocycles. The van der Waals surface area contributed by atoms with Crippen LogP contribution >= 0.6 is 0 Å². The number of carbonyl (C=O) groups is 2. The first kappa shape index (κ1) is 18.7. The summed E-state index contributed by atoms with van der Waals surface area (Å²) in [5.41, 5.74) is 2.37. The summed E-state index contributed by atoms with van der Waals surface area (Å²) in [7, 11) is -3.19. The third kappa shape index (κ3) is 3.67. The topological polar surface area (TPSA) is 83.6 Å². The molecule has 0 aliphatic carbocycles. The van der Waals surface area contributed by atoms with E-state index in [-0.39, 0.29) is 23.3 Å². The maximum Gasteiger partial charge on any atom is 0.247 e. The number of rotatable bonds is 3. The van der Waals surface area contributed by atoms with Crippen LogP contribution in [0, 0.1) is 5.92 Å². The molecule has 2 unspecified atom stereocenters. The van der Waals surface area contributed by atoms with E-state index in [4.69, 9.17) is 0 Å². The fraction of sp³-hybridized carbons (Fsp3) is 0.333. The van der Waals surface area contributed by atoms with Crippen LogP contribution in [0.3, 0.4) is 0 Å². The Hall–Kier alpha value is -2.67. The van der Waals surface area contributed by atoms with Gasteiger partial charge in [0.05, 0.1) is 17.4 Å². The molecule has 28 heavy (non-hydrogen) atoms. The molecule has 2 heterocycles. The van der Waals surface area contributed by atoms with E-state index in [9.17, 15) is 18.0 Å². The molecule has 1 fully saturated rings. The third-order valence-electron chi connectivity index (χ3n) is 5.41. The van der Waals surface area contributed by atoms with Crippen LogP contribution in [0.2, 0.25) is 0 Å². The number of fused-ring (bicyclic) bond motifs is 1. The van der Waals surface area contributed by atoms with Gasteiger partial charge in [-0.3, -0.25) is 14.5 Å². The number of anilines is 2. The van der Waals surface area contributed by atoms with Gasteiger partial charge in [-0.2, -0.15) is 0 Å². The summed E-state index contributed by atoms with van der Waals surface area (Å²) in [6, 6.07) is 16.0. The van der Waals surface area contributed by atoms with Gasteiger partial charge in [-0.15, -0.1) is 0 Å². The summed E-state index contributed by atoms with van der Waals surface area (Å²) in [6.07, 6.45) is 1.50. The number of benzene rings is 2. The summed E-state index contributed by atoms with van der Waals surface area (Å²) in [4.78, 5) is 27.8. The average Bonchev–Trinajstić information content (AvgIpc) is 3.07. The van der Waals surface area contributed by atoms with Gasteiger partial charge in [0.1, 0.15) is 6.04 Å². The van der Waals surface area contributed by atoms with Gasteiger partial charge in [-0.1, -0.05) is 36.4 Å². The lowest BCUT2D eigenvalue weighted by atomic mass is 9.93. The Labute approximate surface area is 164 Å². The molecular formula is C21H22N2O4S. The van der Waals surface area contributed by atoms with E-state index in [1.54, 1.807) is 12.1 Å². The van der Waals surface area contributed by atoms with Gasteiger partial charge in [0, 0.05) is 11.4 Å². The molecule has 2 aliphatic heterocycles. The average molecular weight is 398 g/mol. The minimum Gasteiger partial charge on any atom is -0.324 e. The van der Waals surface area contributed by atoms with Crippen LogP contribution in [0.5, 0.6) is 0 Å². The van der Waals surface area contributed by atoms with Crippen LogP contribution in [-0.4, -0.2) is 37.8 Å². The van der Waals surface area contributed by atoms with Gasteiger partial charge in [0.15, 0.2) is 9.84 Å². The second-order valence-corrected chi connectivity index (χ2v) is 9.58. The maximum absolute atomic E-state index is 13.3. The van der Waals surface area contributed by atoms with Gasteiger partial charge in [-0.05, 0) is 43.0 Å². The number of hydrogen-bond donors (Lipinski definition) is 1. The minimum atomic E-state index is -3.19. The van der Waals surface area contributed by atoms with E-state index in [0.29, 0.717) is 30.6 Å². The van der Waals surface area contributed by atoms with Gasteiger partial charge in [0.25, 0.3) is 0 Å². The predicted molar refractivity (Wildman–Crippen MR) is 108 cm³/mol. The van der Waals surface area contributed by atoms with Crippen LogP contribution in [0.1, 0.15) is 18.4 Å². The molecule has 2 aromatic carbocycles. The number of amides is 2. The predicted octanol–water partition coefficient (Wildman–Crippen LogP) is 2.41. The van der Waals surface area contributed by atoms with E-state index >= 15 is 0 Å².